The Morgan fingerprint density at radius 1 is 1.03 bits per heavy atom. The maximum atomic E-state index is 13.6. The van der Waals surface area contributed by atoms with Crippen LogP contribution in [0.5, 0.6) is 0 Å². The van der Waals surface area contributed by atoms with Crippen molar-refractivity contribution in [1.29, 1.82) is 5.26 Å². The number of benzene rings is 2. The molecule has 0 saturated carbocycles. The number of primary amides is 1. The molecule has 2 aromatic rings. The van der Waals surface area contributed by atoms with Gasteiger partial charge in [-0.25, -0.2) is 4.79 Å². The van der Waals surface area contributed by atoms with Gasteiger partial charge in [0.25, 0.3) is 5.91 Å². The number of hydrogen-bond acceptors (Lipinski definition) is 5. The summed E-state index contributed by atoms with van der Waals surface area (Å²) >= 11 is 0. The minimum Gasteiger partial charge on any atom is -0.351 e. The van der Waals surface area contributed by atoms with Crippen molar-refractivity contribution in [3.05, 3.63) is 53.6 Å². The van der Waals surface area contributed by atoms with Crippen molar-refractivity contribution >= 4 is 29.0 Å². The molecule has 0 spiro atoms. The van der Waals surface area contributed by atoms with Gasteiger partial charge in [0.1, 0.15) is 0 Å². The third-order valence-electron chi connectivity index (χ3n) is 4.69. The van der Waals surface area contributed by atoms with Gasteiger partial charge in [-0.05, 0) is 42.5 Å². The zero-order chi connectivity index (χ0) is 25.3. The number of urea groups is 1. The maximum absolute atomic E-state index is 13.6. The smallest absolute Gasteiger partial charge is 0.351 e. The Morgan fingerprint density at radius 2 is 1.62 bits per heavy atom. The highest BCUT2D eigenvalue weighted by molar-refractivity contribution is 5.95. The zero-order valence-electron chi connectivity index (χ0n) is 16.9. The van der Waals surface area contributed by atoms with Crippen molar-refractivity contribution in [1.82, 2.24) is 0 Å². The van der Waals surface area contributed by atoms with E-state index in [9.17, 15) is 35.9 Å². The van der Waals surface area contributed by atoms with Gasteiger partial charge in [0.2, 0.25) is 6.23 Å². The quantitative estimate of drug-likeness (QED) is 0.567. The molecule has 2 aromatic carbocycles. The van der Waals surface area contributed by atoms with E-state index >= 15 is 0 Å². The summed E-state index contributed by atoms with van der Waals surface area (Å²) in [5, 5.41) is 13.5. The van der Waals surface area contributed by atoms with Gasteiger partial charge in [0.15, 0.2) is 6.10 Å². The summed E-state index contributed by atoms with van der Waals surface area (Å²) < 4.78 is 85.4. The molecule has 0 aromatic heterocycles. The molecule has 8 nitrogen and oxygen atoms in total. The van der Waals surface area contributed by atoms with E-state index in [1.165, 1.54) is 30.3 Å². The number of halogens is 6. The average molecular weight is 487 g/mol. The third-order valence-corrected chi connectivity index (χ3v) is 4.69. The minimum atomic E-state index is -5.04. The van der Waals surface area contributed by atoms with Gasteiger partial charge in [-0.15, -0.1) is 0 Å². The highest BCUT2D eigenvalue weighted by Gasteiger charge is 2.52. The molecule has 0 aliphatic carbocycles. The first-order valence-corrected chi connectivity index (χ1v) is 9.37. The molecule has 1 saturated heterocycles. The van der Waals surface area contributed by atoms with Gasteiger partial charge in [-0.1, -0.05) is 0 Å². The highest BCUT2D eigenvalue weighted by atomic mass is 19.4. The number of hydrogen-bond donors (Lipinski definition) is 3. The van der Waals surface area contributed by atoms with E-state index in [-0.39, 0.29) is 5.69 Å². The number of nitrogens with one attached hydrogen (secondary N) is 2. The van der Waals surface area contributed by atoms with Crippen LogP contribution in [0.2, 0.25) is 0 Å². The van der Waals surface area contributed by atoms with Crippen molar-refractivity contribution in [2.75, 3.05) is 22.1 Å². The molecular weight excluding hydrogens is 472 g/mol. The molecule has 1 heterocycles. The maximum Gasteiger partial charge on any atom is 0.433 e. The van der Waals surface area contributed by atoms with Crippen LogP contribution in [0.3, 0.4) is 0 Å². The number of nitrogens with two attached hydrogens (primary N) is 1. The molecule has 0 bridgehead atoms. The molecule has 1 aliphatic heterocycles. The lowest BCUT2D eigenvalue weighted by Crippen LogP contribution is -2.42. The third kappa shape index (κ3) is 5.49. The van der Waals surface area contributed by atoms with Crippen LogP contribution in [-0.4, -0.2) is 37.0 Å². The van der Waals surface area contributed by atoms with Gasteiger partial charge in [-0.2, -0.15) is 31.6 Å². The molecule has 34 heavy (non-hydrogen) atoms. The van der Waals surface area contributed by atoms with Crippen LogP contribution >= 0.6 is 0 Å². The van der Waals surface area contributed by atoms with Crippen LogP contribution in [0, 0.1) is 11.3 Å². The van der Waals surface area contributed by atoms with Gasteiger partial charge < -0.3 is 26.0 Å². The van der Waals surface area contributed by atoms with E-state index < -0.39 is 60.0 Å². The fourth-order valence-electron chi connectivity index (χ4n) is 3.23. The Morgan fingerprint density at radius 3 is 2.12 bits per heavy atom. The first-order chi connectivity index (χ1) is 15.8. The van der Waals surface area contributed by atoms with E-state index in [0.29, 0.717) is 16.7 Å². The Balaban J connectivity index is 1.83. The van der Waals surface area contributed by atoms with Gasteiger partial charge in [0.05, 0.1) is 23.7 Å². The van der Waals surface area contributed by atoms with Crippen molar-refractivity contribution < 1.29 is 40.7 Å². The van der Waals surface area contributed by atoms with Crippen molar-refractivity contribution in [3.8, 4) is 6.07 Å². The van der Waals surface area contributed by atoms with Crippen LogP contribution in [0.15, 0.2) is 42.5 Å². The van der Waals surface area contributed by atoms with Gasteiger partial charge in [0, 0.05) is 17.1 Å². The summed E-state index contributed by atoms with van der Waals surface area (Å²) in [6.45, 7) is -0.708. The predicted octanol–water partition coefficient (Wildman–Crippen LogP) is 3.80. The number of amides is 3. The lowest BCUT2D eigenvalue weighted by molar-refractivity contribution is -0.212. The predicted molar refractivity (Wildman–Crippen MR) is 106 cm³/mol. The summed E-state index contributed by atoms with van der Waals surface area (Å²) in [5.74, 6) is -0.975. The Hall–Kier alpha value is -3.99. The topological polar surface area (TPSA) is 120 Å². The lowest BCUT2D eigenvalue weighted by atomic mass is 10.1. The number of ether oxygens (including phenoxy) is 1. The number of carbonyl (C=O) groups is 2. The van der Waals surface area contributed by atoms with Crippen LogP contribution in [0.1, 0.15) is 11.1 Å². The average Bonchev–Trinajstić information content (AvgIpc) is 3.20. The highest BCUT2D eigenvalue weighted by Crippen LogP contribution is 2.39. The van der Waals surface area contributed by atoms with E-state index in [1.807, 2.05) is 0 Å². The molecule has 2 atom stereocenters. The molecule has 3 amide bonds. The van der Waals surface area contributed by atoms with Crippen molar-refractivity contribution in [2.24, 2.45) is 5.73 Å². The second-order valence-corrected chi connectivity index (χ2v) is 7.07. The Kier molecular flexibility index (Phi) is 6.60. The number of alkyl halides is 6. The first kappa shape index (κ1) is 24.6. The van der Waals surface area contributed by atoms with Gasteiger partial charge in [-0.3, -0.25) is 4.79 Å². The summed E-state index contributed by atoms with van der Waals surface area (Å²) in [5.41, 5.74) is 2.73. The number of nitriles is 1. The Bertz CT molecular complexity index is 1130. The molecule has 1 fully saturated rings. The second kappa shape index (κ2) is 9.10. The molecule has 4 N–H and O–H groups in total. The first-order valence-electron chi connectivity index (χ1n) is 9.37. The molecule has 1 aliphatic rings. The molecule has 14 heteroatoms. The number of carbonyl (C=O) groups excluding carboxylic acids is 2. The summed E-state index contributed by atoms with van der Waals surface area (Å²) in [7, 11) is 0. The molecule has 3 rings (SSSR count). The van der Waals surface area contributed by atoms with E-state index in [0.717, 1.165) is 12.1 Å². The summed E-state index contributed by atoms with van der Waals surface area (Å²) in [6, 6.07) is 8.02. The second-order valence-electron chi connectivity index (χ2n) is 7.07. The molecule has 180 valence electrons. The fraction of sp³-hybridized carbons (Fsp3) is 0.250. The standard InChI is InChI=1S/C20H15F6N5O3/c21-19(22,23)14-7-13(6-1-10(14)8-27)31-9-15(34-17(31)20(24,25)26)16(32)29-11-2-4-12(5-3-11)30-18(28)33/h1-7,15,17H,9H2,(H,29,32)(H3,28,30,33)/t15-,17+/m0/s1. The van der Waals surface area contributed by atoms with Crippen molar-refractivity contribution in [3.63, 3.8) is 0 Å². The van der Waals surface area contributed by atoms with Crippen LogP contribution in [-0.2, 0) is 15.7 Å². The fourth-order valence-corrected chi connectivity index (χ4v) is 3.23. The Labute approximate surface area is 187 Å². The largest absolute Gasteiger partial charge is 0.433 e. The van der Waals surface area contributed by atoms with Gasteiger partial charge >= 0.3 is 18.4 Å². The lowest BCUT2D eigenvalue weighted by Gasteiger charge is -2.27. The number of rotatable bonds is 4. The monoisotopic (exact) mass is 487 g/mol. The number of anilines is 3. The van der Waals surface area contributed by atoms with E-state index in [1.54, 1.807) is 0 Å². The minimum absolute atomic E-state index is 0.156. The summed E-state index contributed by atoms with van der Waals surface area (Å²) in [4.78, 5) is 23.8. The number of nitrogens with zero attached hydrogens (tertiary/aromatic N) is 2. The summed E-state index contributed by atoms with van der Waals surface area (Å²) in [6.07, 6.45) is -14.4. The van der Waals surface area contributed by atoms with Crippen LogP contribution in [0.4, 0.5) is 48.2 Å². The molecular formula is C20H15F6N5O3. The molecule has 0 unspecified atom stereocenters. The van der Waals surface area contributed by atoms with Crippen LogP contribution < -0.4 is 21.3 Å². The van der Waals surface area contributed by atoms with E-state index in [2.05, 4.69) is 10.6 Å². The normalized spacial score (nSPS) is 18.3. The van der Waals surface area contributed by atoms with Crippen molar-refractivity contribution in [2.45, 2.75) is 24.7 Å². The zero-order valence-corrected chi connectivity index (χ0v) is 16.9. The van der Waals surface area contributed by atoms with E-state index in [4.69, 9.17) is 15.7 Å². The SMILES string of the molecule is N#Cc1ccc(N2C[C@@H](C(=O)Nc3ccc(NC(N)=O)cc3)O[C@@H]2C(F)(F)F)cc1C(F)(F)F. The van der Waals surface area contributed by atoms with Crippen LogP contribution in [0.25, 0.3) is 0 Å². The molecule has 0 radical (unpaired) electrons.